The molecule has 0 unspecified atom stereocenters. The lowest BCUT2D eigenvalue weighted by molar-refractivity contribution is -0.142. The molecule has 1 aromatic heterocycles. The normalized spacial score (nSPS) is 12.0. The van der Waals surface area contributed by atoms with Crippen molar-refractivity contribution in [2.45, 2.75) is 38.8 Å². The van der Waals surface area contributed by atoms with Crippen LogP contribution in [0.2, 0.25) is 0 Å². The monoisotopic (exact) mass is 296 g/mol. The smallest absolute Gasteiger partial charge is 0.326 e. The number of rotatable bonds is 7. The number of methoxy groups -OCH3 is 1. The minimum Gasteiger partial charge on any atom is -0.480 e. The summed E-state index contributed by atoms with van der Waals surface area (Å²) in [5.41, 5.74) is 0.384. The third kappa shape index (κ3) is 4.62. The van der Waals surface area contributed by atoms with Crippen molar-refractivity contribution in [2.75, 3.05) is 7.11 Å². The number of carbonyl (C=O) groups is 3. The zero-order valence-corrected chi connectivity index (χ0v) is 12.3. The van der Waals surface area contributed by atoms with Gasteiger partial charge in [-0.15, -0.1) is 0 Å². The fourth-order valence-corrected chi connectivity index (χ4v) is 1.89. The van der Waals surface area contributed by atoms with Crippen LogP contribution < -0.4 is 5.32 Å². The average molecular weight is 296 g/mol. The highest BCUT2D eigenvalue weighted by Gasteiger charge is 2.23. The molecule has 0 fully saturated rings. The summed E-state index contributed by atoms with van der Waals surface area (Å²) in [6.07, 6.45) is 1.67. The molecule has 21 heavy (non-hydrogen) atoms. The Bertz CT molecular complexity index is 521. The predicted molar refractivity (Wildman–Crippen MR) is 75.0 cm³/mol. The third-order valence-electron chi connectivity index (χ3n) is 3.04. The van der Waals surface area contributed by atoms with E-state index < -0.39 is 23.9 Å². The van der Waals surface area contributed by atoms with Crippen LogP contribution in [0.3, 0.4) is 0 Å². The van der Waals surface area contributed by atoms with Crippen LogP contribution in [0.4, 0.5) is 0 Å². The topological polar surface area (TPSA) is 97.6 Å². The first-order valence-electron chi connectivity index (χ1n) is 6.64. The van der Waals surface area contributed by atoms with E-state index in [2.05, 4.69) is 10.1 Å². The molecule has 0 aliphatic rings. The van der Waals surface area contributed by atoms with E-state index >= 15 is 0 Å². The Morgan fingerprint density at radius 3 is 2.57 bits per heavy atom. The maximum atomic E-state index is 12.1. The first kappa shape index (κ1) is 16.7. The standard InChI is InChI=1S/C14H20N2O5/c1-9(2)16-8-4-5-11(16)13(18)15-10(14(19)20)6-7-12(17)21-3/h4-5,8-10H,6-7H2,1-3H3,(H,15,18)(H,19,20)/t10-/m0/s1. The lowest BCUT2D eigenvalue weighted by atomic mass is 10.1. The molecule has 1 atom stereocenters. The summed E-state index contributed by atoms with van der Waals surface area (Å²) in [6, 6.07) is 2.29. The number of hydrogen-bond acceptors (Lipinski definition) is 4. The minimum atomic E-state index is -1.19. The predicted octanol–water partition coefficient (Wildman–Crippen LogP) is 1.21. The highest BCUT2D eigenvalue weighted by atomic mass is 16.5. The van der Waals surface area contributed by atoms with Crippen molar-refractivity contribution >= 4 is 17.8 Å². The van der Waals surface area contributed by atoms with Gasteiger partial charge in [0, 0.05) is 18.7 Å². The van der Waals surface area contributed by atoms with Gasteiger partial charge in [0.05, 0.1) is 7.11 Å². The molecule has 0 saturated heterocycles. The molecule has 7 nitrogen and oxygen atoms in total. The Hall–Kier alpha value is -2.31. The molecule has 7 heteroatoms. The average Bonchev–Trinajstić information content (AvgIpc) is 2.91. The van der Waals surface area contributed by atoms with E-state index in [4.69, 9.17) is 5.11 Å². The third-order valence-corrected chi connectivity index (χ3v) is 3.04. The second-order valence-electron chi connectivity index (χ2n) is 4.87. The van der Waals surface area contributed by atoms with Crippen molar-refractivity contribution in [1.29, 1.82) is 0 Å². The van der Waals surface area contributed by atoms with Gasteiger partial charge >= 0.3 is 11.9 Å². The van der Waals surface area contributed by atoms with Gasteiger partial charge in [-0.3, -0.25) is 9.59 Å². The molecule has 2 N–H and O–H groups in total. The molecule has 0 saturated carbocycles. The summed E-state index contributed by atoms with van der Waals surface area (Å²) in [4.78, 5) is 34.4. The quantitative estimate of drug-likeness (QED) is 0.737. The number of hydrogen-bond donors (Lipinski definition) is 2. The molecule has 1 rings (SSSR count). The van der Waals surface area contributed by atoms with Gasteiger partial charge in [0.25, 0.3) is 5.91 Å². The van der Waals surface area contributed by atoms with Gasteiger partial charge in [0.2, 0.25) is 0 Å². The Morgan fingerprint density at radius 1 is 1.38 bits per heavy atom. The zero-order chi connectivity index (χ0) is 16.0. The van der Waals surface area contributed by atoms with Crippen LogP contribution in [0.1, 0.15) is 43.2 Å². The SMILES string of the molecule is COC(=O)CC[C@H](NC(=O)c1cccn1C(C)C)C(=O)O. The molecule has 0 radical (unpaired) electrons. The van der Waals surface area contributed by atoms with Crippen molar-refractivity contribution in [1.82, 2.24) is 9.88 Å². The maximum absolute atomic E-state index is 12.1. The van der Waals surface area contributed by atoms with Gasteiger partial charge in [-0.05, 0) is 32.4 Å². The van der Waals surface area contributed by atoms with Crippen LogP contribution in [0.5, 0.6) is 0 Å². The van der Waals surface area contributed by atoms with E-state index in [-0.39, 0.29) is 18.9 Å². The molecule has 1 aromatic rings. The minimum absolute atomic E-state index is 0.0177. The molecule has 1 amide bonds. The number of ether oxygens (including phenoxy) is 1. The van der Waals surface area contributed by atoms with Crippen molar-refractivity contribution in [3.05, 3.63) is 24.0 Å². The maximum Gasteiger partial charge on any atom is 0.326 e. The Morgan fingerprint density at radius 2 is 2.05 bits per heavy atom. The summed E-state index contributed by atoms with van der Waals surface area (Å²) in [5, 5.41) is 11.5. The van der Waals surface area contributed by atoms with Crippen LogP contribution in [-0.4, -0.2) is 40.7 Å². The van der Waals surface area contributed by atoms with Gasteiger partial charge in [-0.25, -0.2) is 4.79 Å². The fourth-order valence-electron chi connectivity index (χ4n) is 1.89. The van der Waals surface area contributed by atoms with Crippen molar-refractivity contribution in [2.24, 2.45) is 0 Å². The summed E-state index contributed by atoms with van der Waals surface area (Å²) < 4.78 is 6.20. The second kappa shape index (κ2) is 7.47. The van der Waals surface area contributed by atoms with Gasteiger partial charge in [-0.1, -0.05) is 0 Å². The molecule has 0 bridgehead atoms. The van der Waals surface area contributed by atoms with E-state index in [9.17, 15) is 14.4 Å². The number of nitrogens with one attached hydrogen (secondary N) is 1. The van der Waals surface area contributed by atoms with Gasteiger partial charge in [0.15, 0.2) is 0 Å². The largest absolute Gasteiger partial charge is 0.480 e. The molecule has 0 aromatic carbocycles. The molecular weight excluding hydrogens is 276 g/mol. The second-order valence-corrected chi connectivity index (χ2v) is 4.87. The molecular formula is C14H20N2O5. The molecule has 1 heterocycles. The highest BCUT2D eigenvalue weighted by molar-refractivity contribution is 5.95. The van der Waals surface area contributed by atoms with Crippen LogP contribution in [0, 0.1) is 0 Å². The van der Waals surface area contributed by atoms with Crippen LogP contribution in [0.15, 0.2) is 18.3 Å². The number of esters is 1. The van der Waals surface area contributed by atoms with Crippen molar-refractivity contribution in [3.63, 3.8) is 0 Å². The fraction of sp³-hybridized carbons (Fsp3) is 0.500. The molecule has 0 aliphatic carbocycles. The van der Waals surface area contributed by atoms with E-state index in [0.29, 0.717) is 5.69 Å². The first-order chi connectivity index (χ1) is 9.86. The summed E-state index contributed by atoms with van der Waals surface area (Å²) in [5.74, 6) is -2.18. The Balaban J connectivity index is 2.74. The lowest BCUT2D eigenvalue weighted by Crippen LogP contribution is -2.41. The van der Waals surface area contributed by atoms with Crippen molar-refractivity contribution in [3.8, 4) is 0 Å². The van der Waals surface area contributed by atoms with E-state index in [1.807, 2.05) is 13.8 Å². The molecule has 116 valence electrons. The number of carbonyl (C=O) groups excluding carboxylic acids is 2. The summed E-state index contributed by atoms with van der Waals surface area (Å²) >= 11 is 0. The number of carboxylic acids is 1. The number of carboxylic acid groups (broad SMARTS) is 1. The number of nitrogens with zero attached hydrogens (tertiary/aromatic N) is 1. The van der Waals surface area contributed by atoms with E-state index in [1.54, 1.807) is 22.9 Å². The molecule has 0 aliphatic heterocycles. The van der Waals surface area contributed by atoms with Crippen LogP contribution in [-0.2, 0) is 14.3 Å². The van der Waals surface area contributed by atoms with E-state index in [0.717, 1.165) is 0 Å². The Kier molecular flexibility index (Phi) is 5.95. The molecule has 0 spiro atoms. The number of amides is 1. The Labute approximate surface area is 122 Å². The zero-order valence-electron chi connectivity index (χ0n) is 12.3. The number of aromatic nitrogens is 1. The summed E-state index contributed by atoms with van der Waals surface area (Å²) in [7, 11) is 1.23. The van der Waals surface area contributed by atoms with Crippen LogP contribution >= 0.6 is 0 Å². The van der Waals surface area contributed by atoms with Crippen molar-refractivity contribution < 1.29 is 24.2 Å². The first-order valence-corrected chi connectivity index (χ1v) is 6.64. The van der Waals surface area contributed by atoms with Crippen LogP contribution in [0.25, 0.3) is 0 Å². The van der Waals surface area contributed by atoms with Gasteiger partial charge < -0.3 is 19.7 Å². The van der Waals surface area contributed by atoms with Gasteiger partial charge in [0.1, 0.15) is 11.7 Å². The number of aliphatic carboxylic acids is 1. The van der Waals surface area contributed by atoms with E-state index in [1.165, 1.54) is 7.11 Å². The lowest BCUT2D eigenvalue weighted by Gasteiger charge is -2.16. The summed E-state index contributed by atoms with van der Waals surface area (Å²) in [6.45, 7) is 3.84. The highest BCUT2D eigenvalue weighted by Crippen LogP contribution is 2.11. The van der Waals surface area contributed by atoms with Gasteiger partial charge in [-0.2, -0.15) is 0 Å².